The summed E-state index contributed by atoms with van der Waals surface area (Å²) in [7, 11) is 0. The summed E-state index contributed by atoms with van der Waals surface area (Å²) in [6.07, 6.45) is 2.83. The average Bonchev–Trinajstić information content (AvgIpc) is 3.14. The van der Waals surface area contributed by atoms with Gasteiger partial charge in [0.1, 0.15) is 5.75 Å². The highest BCUT2D eigenvalue weighted by atomic mass is 16.5. The Morgan fingerprint density at radius 3 is 2.39 bits per heavy atom. The molecular formula is C24H31NO3. The van der Waals surface area contributed by atoms with Crippen molar-refractivity contribution in [3.05, 3.63) is 65.7 Å². The Morgan fingerprint density at radius 2 is 1.71 bits per heavy atom. The topological polar surface area (TPSA) is 47.6 Å². The Bertz CT molecular complexity index is 755. The summed E-state index contributed by atoms with van der Waals surface area (Å²) in [6.45, 7) is 7.30. The predicted octanol–water partition coefficient (Wildman–Crippen LogP) is 5.31. The monoisotopic (exact) mass is 381 g/mol. The van der Waals surface area contributed by atoms with E-state index in [1.807, 2.05) is 25.1 Å². The van der Waals surface area contributed by atoms with Gasteiger partial charge >= 0.3 is 6.09 Å². The molecule has 0 unspecified atom stereocenters. The lowest BCUT2D eigenvalue weighted by Gasteiger charge is -2.26. The fourth-order valence-electron chi connectivity index (χ4n) is 3.94. The number of alkyl carbamates (subject to hydrolysis) is 1. The third-order valence-electron chi connectivity index (χ3n) is 5.77. The first kappa shape index (κ1) is 20.2. The molecule has 1 aliphatic carbocycles. The van der Waals surface area contributed by atoms with Gasteiger partial charge in [-0.1, -0.05) is 62.7 Å². The average molecular weight is 382 g/mol. The van der Waals surface area contributed by atoms with Crippen molar-refractivity contribution < 1.29 is 14.3 Å². The minimum atomic E-state index is -0.327. The second kappa shape index (κ2) is 9.13. The van der Waals surface area contributed by atoms with E-state index < -0.39 is 0 Å². The number of benzene rings is 2. The zero-order valence-corrected chi connectivity index (χ0v) is 17.1. The van der Waals surface area contributed by atoms with Crippen LogP contribution in [0.25, 0.3) is 0 Å². The first-order valence-corrected chi connectivity index (χ1v) is 10.2. The molecule has 4 heteroatoms. The van der Waals surface area contributed by atoms with Crippen LogP contribution in [0.4, 0.5) is 4.79 Å². The summed E-state index contributed by atoms with van der Waals surface area (Å²) in [4.78, 5) is 11.7. The Hall–Kier alpha value is -2.49. The molecule has 0 aliphatic heterocycles. The maximum Gasteiger partial charge on any atom is 0.407 e. The standard InChI is InChI=1S/C24H31NO3/c1-4-27-23(26)25-22-12-8-9-18(22)17-28-21-15-13-20(14-16-21)24(2,3)19-10-6-5-7-11-19/h5-7,10-11,13-16,18,22H,4,8-9,12,17H2,1-3H3,(H,25,26)/t18-,22-/m1/s1. The lowest BCUT2D eigenvalue weighted by atomic mass is 9.78. The highest BCUT2D eigenvalue weighted by Crippen LogP contribution is 2.32. The largest absolute Gasteiger partial charge is 0.493 e. The van der Waals surface area contributed by atoms with E-state index in [1.54, 1.807) is 0 Å². The van der Waals surface area contributed by atoms with Crippen LogP contribution in [-0.4, -0.2) is 25.3 Å². The van der Waals surface area contributed by atoms with Crippen LogP contribution in [0.5, 0.6) is 5.75 Å². The second-order valence-corrected chi connectivity index (χ2v) is 7.99. The first-order chi connectivity index (χ1) is 13.5. The van der Waals surface area contributed by atoms with Gasteiger partial charge in [0.05, 0.1) is 13.2 Å². The van der Waals surface area contributed by atoms with Crippen molar-refractivity contribution in [1.29, 1.82) is 0 Å². The van der Waals surface area contributed by atoms with Crippen LogP contribution in [0.15, 0.2) is 54.6 Å². The molecule has 0 aromatic heterocycles. The number of nitrogens with one attached hydrogen (secondary N) is 1. The molecule has 150 valence electrons. The molecule has 4 nitrogen and oxygen atoms in total. The molecular weight excluding hydrogens is 350 g/mol. The van der Waals surface area contributed by atoms with Gasteiger partial charge in [-0.3, -0.25) is 0 Å². The third-order valence-corrected chi connectivity index (χ3v) is 5.77. The zero-order valence-electron chi connectivity index (χ0n) is 17.1. The maximum atomic E-state index is 11.7. The first-order valence-electron chi connectivity index (χ1n) is 10.2. The minimum absolute atomic E-state index is 0.0557. The molecule has 0 bridgehead atoms. The Balaban J connectivity index is 1.58. The molecule has 0 radical (unpaired) electrons. The number of ether oxygens (including phenoxy) is 2. The van der Waals surface area contributed by atoms with Crippen molar-refractivity contribution in [2.45, 2.75) is 51.5 Å². The Labute approximate surface area is 168 Å². The minimum Gasteiger partial charge on any atom is -0.493 e. The molecule has 1 amide bonds. The van der Waals surface area contributed by atoms with E-state index in [4.69, 9.17) is 9.47 Å². The molecule has 1 N–H and O–H groups in total. The smallest absolute Gasteiger partial charge is 0.407 e. The van der Waals surface area contributed by atoms with Gasteiger partial charge in [0.25, 0.3) is 0 Å². The summed E-state index contributed by atoms with van der Waals surface area (Å²) in [5, 5.41) is 2.97. The van der Waals surface area contributed by atoms with Crippen LogP contribution in [0.3, 0.4) is 0 Å². The molecule has 3 rings (SSSR count). The summed E-state index contributed by atoms with van der Waals surface area (Å²) >= 11 is 0. The Morgan fingerprint density at radius 1 is 1.04 bits per heavy atom. The summed E-state index contributed by atoms with van der Waals surface area (Å²) in [6, 6.07) is 19.1. The van der Waals surface area contributed by atoms with Crippen molar-refractivity contribution in [3.8, 4) is 5.75 Å². The van der Waals surface area contributed by atoms with Crippen molar-refractivity contribution in [1.82, 2.24) is 5.32 Å². The normalized spacial score (nSPS) is 19.2. The van der Waals surface area contributed by atoms with Gasteiger partial charge in [0, 0.05) is 17.4 Å². The number of rotatable bonds is 7. The van der Waals surface area contributed by atoms with Crippen molar-refractivity contribution in [2.24, 2.45) is 5.92 Å². The molecule has 2 aromatic carbocycles. The van der Waals surface area contributed by atoms with Crippen molar-refractivity contribution >= 4 is 6.09 Å². The van der Waals surface area contributed by atoms with Crippen LogP contribution in [0, 0.1) is 5.92 Å². The summed E-state index contributed by atoms with van der Waals surface area (Å²) < 4.78 is 11.0. The summed E-state index contributed by atoms with van der Waals surface area (Å²) in [5.41, 5.74) is 2.50. The Kier molecular flexibility index (Phi) is 6.61. The lowest BCUT2D eigenvalue weighted by molar-refractivity contribution is 0.141. The van der Waals surface area contributed by atoms with E-state index in [1.165, 1.54) is 11.1 Å². The van der Waals surface area contributed by atoms with Crippen LogP contribution < -0.4 is 10.1 Å². The second-order valence-electron chi connectivity index (χ2n) is 7.99. The van der Waals surface area contributed by atoms with Gasteiger partial charge < -0.3 is 14.8 Å². The molecule has 28 heavy (non-hydrogen) atoms. The molecule has 2 aromatic rings. The van der Waals surface area contributed by atoms with Crippen LogP contribution in [0.1, 0.15) is 51.2 Å². The van der Waals surface area contributed by atoms with Crippen LogP contribution in [-0.2, 0) is 10.2 Å². The molecule has 0 spiro atoms. The SMILES string of the molecule is CCOC(=O)N[C@@H]1CCC[C@@H]1COc1ccc(C(C)(C)c2ccccc2)cc1. The van der Waals surface area contributed by atoms with Gasteiger partial charge in [0.2, 0.25) is 0 Å². The van der Waals surface area contributed by atoms with E-state index in [0.29, 0.717) is 19.1 Å². The van der Waals surface area contributed by atoms with E-state index in [2.05, 4.69) is 55.6 Å². The highest BCUT2D eigenvalue weighted by molar-refractivity contribution is 5.67. The number of carbonyl (C=O) groups is 1. The molecule has 1 fully saturated rings. The fraction of sp³-hybridized carbons (Fsp3) is 0.458. The molecule has 1 aliphatic rings. The quantitative estimate of drug-likeness (QED) is 0.707. The number of hydrogen-bond donors (Lipinski definition) is 1. The summed E-state index contributed by atoms with van der Waals surface area (Å²) in [5.74, 6) is 1.19. The highest BCUT2D eigenvalue weighted by Gasteiger charge is 2.29. The van der Waals surface area contributed by atoms with Gasteiger partial charge in [-0.25, -0.2) is 4.79 Å². The van der Waals surface area contributed by atoms with Gasteiger partial charge in [0.15, 0.2) is 0 Å². The molecule has 2 atom stereocenters. The number of amides is 1. The third kappa shape index (κ3) is 4.86. The zero-order chi connectivity index (χ0) is 20.0. The van der Waals surface area contributed by atoms with Gasteiger partial charge in [-0.15, -0.1) is 0 Å². The van der Waals surface area contributed by atoms with Crippen LogP contribution >= 0.6 is 0 Å². The number of hydrogen-bond acceptors (Lipinski definition) is 3. The number of carbonyl (C=O) groups excluding carboxylic acids is 1. The van der Waals surface area contributed by atoms with Gasteiger partial charge in [-0.2, -0.15) is 0 Å². The van der Waals surface area contributed by atoms with E-state index in [-0.39, 0.29) is 17.6 Å². The van der Waals surface area contributed by atoms with Gasteiger partial charge in [-0.05, 0) is 43.0 Å². The van der Waals surface area contributed by atoms with E-state index in [9.17, 15) is 4.79 Å². The van der Waals surface area contributed by atoms with E-state index >= 15 is 0 Å². The fourth-order valence-corrected chi connectivity index (χ4v) is 3.94. The van der Waals surface area contributed by atoms with Crippen molar-refractivity contribution in [3.63, 3.8) is 0 Å². The van der Waals surface area contributed by atoms with E-state index in [0.717, 1.165) is 25.0 Å². The molecule has 0 heterocycles. The van der Waals surface area contributed by atoms with Crippen molar-refractivity contribution in [2.75, 3.05) is 13.2 Å². The van der Waals surface area contributed by atoms with Crippen LogP contribution in [0.2, 0.25) is 0 Å². The maximum absolute atomic E-state index is 11.7. The molecule has 0 saturated heterocycles. The lowest BCUT2D eigenvalue weighted by Crippen LogP contribution is -2.39. The predicted molar refractivity (Wildman–Crippen MR) is 112 cm³/mol. The molecule has 1 saturated carbocycles.